The number of carboxylic acids is 1. The second-order valence-corrected chi connectivity index (χ2v) is 7.76. The predicted octanol–water partition coefficient (Wildman–Crippen LogP) is 0.747. The second-order valence-electron chi connectivity index (χ2n) is 3.93. The monoisotopic (exact) mass is 407 g/mol. The summed E-state index contributed by atoms with van der Waals surface area (Å²) in [6.45, 7) is 6.48. The van der Waals surface area contributed by atoms with Gasteiger partial charge in [-0.1, -0.05) is 0 Å². The Bertz CT molecular complexity index is 205. The Labute approximate surface area is 106 Å². The van der Waals surface area contributed by atoms with Crippen molar-refractivity contribution in [3.63, 3.8) is 0 Å². The Morgan fingerprint density at radius 2 is 1.73 bits per heavy atom. The number of aliphatic hydroxyl groups is 1. The fourth-order valence-corrected chi connectivity index (χ4v) is 0.784. The maximum atomic E-state index is 11.1. The second kappa shape index (κ2) is 8.04. The molecule has 0 aromatic rings. The van der Waals surface area contributed by atoms with Crippen LogP contribution in [0.5, 0.6) is 0 Å². The molecule has 0 fully saturated rings. The van der Waals surface area contributed by atoms with Crippen molar-refractivity contribution in [1.82, 2.24) is 0 Å². The van der Waals surface area contributed by atoms with E-state index in [0.717, 1.165) is 6.92 Å². The molecule has 1 unspecified atom stereocenters. The van der Waals surface area contributed by atoms with Gasteiger partial charge in [-0.05, 0) is 0 Å². The van der Waals surface area contributed by atoms with Gasteiger partial charge in [-0.15, -0.1) is 0 Å². The molecule has 15 heavy (non-hydrogen) atoms. The van der Waals surface area contributed by atoms with Crippen LogP contribution in [0.25, 0.3) is 0 Å². The minimum absolute atomic E-state index is 0.0714. The van der Waals surface area contributed by atoms with Crippen molar-refractivity contribution >= 4 is 11.9 Å². The van der Waals surface area contributed by atoms with Gasteiger partial charge in [0, 0.05) is 6.92 Å². The number of esters is 1. The number of ether oxygens (including phenoxy) is 1. The van der Waals surface area contributed by atoms with Crippen molar-refractivity contribution in [2.45, 2.75) is 36.7 Å². The first-order chi connectivity index (χ1) is 6.60. The molecule has 0 amide bonds. The summed E-state index contributed by atoms with van der Waals surface area (Å²) in [6, 6.07) is 0. The summed E-state index contributed by atoms with van der Waals surface area (Å²) in [5.74, 6) is -1.09. The van der Waals surface area contributed by atoms with Gasteiger partial charge >= 0.3 is 83.1 Å². The van der Waals surface area contributed by atoms with E-state index < -0.39 is 11.6 Å². The number of carbonyl (C=O) groups excluding carboxylic acids is 1. The van der Waals surface area contributed by atoms with Gasteiger partial charge in [0.1, 0.15) is 0 Å². The van der Waals surface area contributed by atoms with Crippen molar-refractivity contribution in [2.24, 2.45) is 0 Å². The van der Waals surface area contributed by atoms with Gasteiger partial charge in [0.15, 0.2) is 0 Å². The third-order valence-electron chi connectivity index (χ3n) is 0.960. The van der Waals surface area contributed by atoms with Crippen molar-refractivity contribution in [2.75, 3.05) is 6.61 Å². The van der Waals surface area contributed by atoms with Crippen LogP contribution in [-0.4, -0.2) is 34.4 Å². The molecule has 0 aliphatic rings. The van der Waals surface area contributed by atoms with Gasteiger partial charge < -0.3 is 5.11 Å². The number of hydrogen-bond acceptors (Lipinski definition) is 4. The Hall–Kier alpha value is -0.165. The van der Waals surface area contributed by atoms with Gasteiger partial charge in [-0.25, -0.2) is 0 Å². The first-order valence-corrected chi connectivity index (χ1v) is 7.64. The van der Waals surface area contributed by atoms with Crippen LogP contribution in [0, 0.1) is 0 Å². The van der Waals surface area contributed by atoms with Crippen LogP contribution in [0.2, 0.25) is 3.43 Å². The molecular formula is C9H17HgO5. The molecular weight excluding hydrogens is 389 g/mol. The van der Waals surface area contributed by atoms with E-state index in [4.69, 9.17) is 19.7 Å². The zero-order valence-electron chi connectivity index (χ0n) is 9.61. The molecule has 0 aliphatic heterocycles. The van der Waals surface area contributed by atoms with E-state index >= 15 is 0 Å². The molecule has 0 aromatic carbocycles. The topological polar surface area (TPSA) is 83.8 Å². The van der Waals surface area contributed by atoms with Crippen LogP contribution in [0.4, 0.5) is 0 Å². The van der Waals surface area contributed by atoms with Crippen LogP contribution in [0.1, 0.15) is 27.7 Å². The zero-order chi connectivity index (χ0) is 12.6. The van der Waals surface area contributed by atoms with E-state index in [9.17, 15) is 4.79 Å². The third-order valence-corrected chi connectivity index (χ3v) is 3.26. The van der Waals surface area contributed by atoms with E-state index in [1.165, 1.54) is 0 Å². The summed E-state index contributed by atoms with van der Waals surface area (Å²) in [5.41, 5.74) is -0.427. The number of aliphatic carboxylic acids is 1. The van der Waals surface area contributed by atoms with Crippen molar-refractivity contribution < 1.29 is 50.7 Å². The van der Waals surface area contributed by atoms with Gasteiger partial charge in [-0.3, -0.25) is 4.79 Å². The SMILES string of the molecule is CC(=O)O.CC(C)(C)OC(=O)[CH]([Hg])CO. The Morgan fingerprint density at radius 3 is 1.93 bits per heavy atom. The summed E-state index contributed by atoms with van der Waals surface area (Å²) in [4.78, 5) is 20.1. The van der Waals surface area contributed by atoms with E-state index in [2.05, 4.69) is 0 Å². The molecule has 6 heteroatoms. The third kappa shape index (κ3) is 16.5. The van der Waals surface area contributed by atoms with E-state index in [1.807, 2.05) is 20.8 Å². The molecule has 2 N–H and O–H groups in total. The van der Waals surface area contributed by atoms with E-state index in [0.29, 0.717) is 0 Å². The fourth-order valence-electron chi connectivity index (χ4n) is 0.460. The molecule has 0 rings (SSSR count). The van der Waals surface area contributed by atoms with Crippen LogP contribution < -0.4 is 0 Å². The molecule has 0 aliphatic carbocycles. The predicted molar refractivity (Wildman–Crippen MR) is 50.0 cm³/mol. The Kier molecular flexibility index (Phi) is 9.24. The van der Waals surface area contributed by atoms with E-state index in [1.54, 1.807) is 0 Å². The summed E-state index contributed by atoms with van der Waals surface area (Å²) in [6.07, 6.45) is 0. The standard InChI is InChI=1S/C7H13O3.C2H4O2.Hg/c1-7(2,3)10-6(9)4-5-8;1-2(3)4;/h4,8H,5H2,1-3H3;1H3,(H,3,4);. The van der Waals surface area contributed by atoms with Crippen molar-refractivity contribution in [3.8, 4) is 0 Å². The number of carboxylic acid groups (broad SMARTS) is 1. The van der Waals surface area contributed by atoms with Gasteiger partial charge in [0.2, 0.25) is 0 Å². The first-order valence-electron chi connectivity index (χ1n) is 4.46. The molecule has 0 heterocycles. The summed E-state index contributed by atoms with van der Waals surface area (Å²) in [7, 11) is 0. The number of carbonyl (C=O) groups is 2. The average molecular weight is 406 g/mol. The van der Waals surface area contributed by atoms with Crippen molar-refractivity contribution in [3.05, 3.63) is 0 Å². The van der Waals surface area contributed by atoms with Crippen LogP contribution >= 0.6 is 0 Å². The van der Waals surface area contributed by atoms with Crippen LogP contribution in [0.3, 0.4) is 0 Å². The minimum atomic E-state index is -0.833. The molecule has 0 saturated carbocycles. The van der Waals surface area contributed by atoms with Gasteiger partial charge in [0.25, 0.3) is 5.97 Å². The molecule has 0 bridgehead atoms. The number of aliphatic hydroxyl groups excluding tert-OH is 1. The molecule has 0 spiro atoms. The number of rotatable bonds is 2. The van der Waals surface area contributed by atoms with Crippen LogP contribution in [0.15, 0.2) is 0 Å². The molecule has 5 nitrogen and oxygen atoms in total. The first kappa shape index (κ1) is 17.2. The van der Waals surface area contributed by atoms with Crippen LogP contribution in [-0.2, 0) is 40.4 Å². The fraction of sp³-hybridized carbons (Fsp3) is 0.778. The van der Waals surface area contributed by atoms with Gasteiger partial charge in [0.05, 0.1) is 0 Å². The van der Waals surface area contributed by atoms with Gasteiger partial charge in [-0.2, -0.15) is 0 Å². The maximum absolute atomic E-state index is 11.1. The molecule has 0 radical (unpaired) electrons. The Balaban J connectivity index is 0. The summed E-state index contributed by atoms with van der Waals surface area (Å²) in [5, 5.41) is 16.1. The van der Waals surface area contributed by atoms with E-state index in [-0.39, 0.29) is 42.1 Å². The number of hydrogen-bond donors (Lipinski definition) is 2. The Morgan fingerprint density at radius 1 is 1.40 bits per heavy atom. The normalized spacial score (nSPS) is 12.2. The zero-order valence-corrected chi connectivity index (χ0v) is 15.1. The molecule has 1 atom stereocenters. The molecule has 85 valence electrons. The molecule has 0 saturated heterocycles. The summed E-state index contributed by atoms with van der Waals surface area (Å²) < 4.78 is 4.81. The average Bonchev–Trinajstić information content (AvgIpc) is 1.98. The quantitative estimate of drug-likeness (QED) is 0.523. The van der Waals surface area contributed by atoms with Crippen molar-refractivity contribution in [1.29, 1.82) is 0 Å². The summed E-state index contributed by atoms with van der Waals surface area (Å²) >= 11 is 0.246. The molecule has 0 aromatic heterocycles.